The minimum atomic E-state index is -0.471. The van der Waals surface area contributed by atoms with E-state index in [2.05, 4.69) is 27.7 Å². The lowest BCUT2D eigenvalue weighted by Crippen LogP contribution is -2.36. The van der Waals surface area contributed by atoms with E-state index >= 15 is 0 Å². The average Bonchev–Trinajstić information content (AvgIpc) is 2.60. The average molecular weight is 491 g/mol. The lowest BCUT2D eigenvalue weighted by molar-refractivity contribution is 0.0532. The molecule has 0 aliphatic rings. The van der Waals surface area contributed by atoms with E-state index in [-0.39, 0.29) is 23.3 Å². The Morgan fingerprint density at radius 3 is 2.50 bits per heavy atom. The molecule has 1 heterocycles. The van der Waals surface area contributed by atoms with Crippen LogP contribution in [0.3, 0.4) is 0 Å². The van der Waals surface area contributed by atoms with Crippen molar-refractivity contribution >= 4 is 40.2 Å². The molecule has 0 bridgehead atoms. The Kier molecular flexibility index (Phi) is 7.05. The largest absolute Gasteiger partial charge is 0.485 e. The molecule has 0 aliphatic carbocycles. The highest BCUT2D eigenvalue weighted by molar-refractivity contribution is 14.1. The maximum Gasteiger partial charge on any atom is 0.338 e. The zero-order valence-electron chi connectivity index (χ0n) is 14.8. The third kappa shape index (κ3) is 5.20. The number of halogens is 2. The van der Waals surface area contributed by atoms with E-state index in [0.717, 1.165) is 9.99 Å². The molecule has 0 aliphatic heterocycles. The van der Waals surface area contributed by atoms with Gasteiger partial charge in [0.05, 0.1) is 17.3 Å². The van der Waals surface area contributed by atoms with Crippen LogP contribution in [0, 0.1) is 0 Å². The first-order valence-electron chi connectivity index (χ1n) is 7.97. The van der Waals surface area contributed by atoms with Crippen molar-refractivity contribution in [1.29, 1.82) is 0 Å². The fraction of sp³-hybridized carbons (Fsp3) is 0.389. The third-order valence-corrected chi connectivity index (χ3v) is 4.20. The van der Waals surface area contributed by atoms with Gasteiger partial charge in [0.2, 0.25) is 0 Å². The van der Waals surface area contributed by atoms with Crippen LogP contribution in [0.4, 0.5) is 0 Å². The van der Waals surface area contributed by atoms with Gasteiger partial charge < -0.3 is 9.47 Å². The SMILES string of the molecule is CC(C)(C)n1ncc(OCc2ccc(C(=O)OCCI)cc2)c(Cl)c1=O. The molecule has 2 rings (SSSR count). The maximum absolute atomic E-state index is 12.3. The van der Waals surface area contributed by atoms with Crippen molar-refractivity contribution in [2.45, 2.75) is 32.9 Å². The van der Waals surface area contributed by atoms with E-state index in [1.54, 1.807) is 24.3 Å². The molecule has 0 radical (unpaired) electrons. The summed E-state index contributed by atoms with van der Waals surface area (Å²) in [6, 6.07) is 6.87. The number of hydrogen-bond donors (Lipinski definition) is 0. The molecular formula is C18H20ClIN2O4. The van der Waals surface area contributed by atoms with Gasteiger partial charge >= 0.3 is 5.97 Å². The summed E-state index contributed by atoms with van der Waals surface area (Å²) in [5, 5.41) is 4.12. The number of carbonyl (C=O) groups is 1. The fourth-order valence-electron chi connectivity index (χ4n) is 2.11. The molecule has 0 unspecified atom stereocenters. The van der Waals surface area contributed by atoms with Gasteiger partial charge in [-0.15, -0.1) is 0 Å². The van der Waals surface area contributed by atoms with Gasteiger partial charge in [-0.2, -0.15) is 5.10 Å². The zero-order valence-corrected chi connectivity index (χ0v) is 17.7. The van der Waals surface area contributed by atoms with Gasteiger partial charge in [-0.3, -0.25) is 4.79 Å². The topological polar surface area (TPSA) is 70.4 Å². The molecule has 0 saturated carbocycles. The van der Waals surface area contributed by atoms with Crippen LogP contribution in [0.2, 0.25) is 5.02 Å². The normalized spacial score (nSPS) is 11.3. The minimum absolute atomic E-state index is 0.00563. The number of nitrogens with zero attached hydrogens (tertiary/aromatic N) is 2. The van der Waals surface area contributed by atoms with Gasteiger partial charge in [0.15, 0.2) is 10.8 Å². The van der Waals surface area contributed by atoms with Gasteiger partial charge in [-0.25, -0.2) is 9.48 Å². The summed E-state index contributed by atoms with van der Waals surface area (Å²) in [6.07, 6.45) is 1.44. The highest BCUT2D eigenvalue weighted by Crippen LogP contribution is 2.22. The summed E-state index contributed by atoms with van der Waals surface area (Å²) >= 11 is 8.27. The summed E-state index contributed by atoms with van der Waals surface area (Å²) < 4.78 is 12.8. The Morgan fingerprint density at radius 2 is 1.92 bits per heavy atom. The van der Waals surface area contributed by atoms with Crippen molar-refractivity contribution in [1.82, 2.24) is 9.78 Å². The summed E-state index contributed by atoms with van der Waals surface area (Å²) in [5.41, 5.74) is 0.434. The summed E-state index contributed by atoms with van der Waals surface area (Å²) in [6.45, 7) is 6.18. The highest BCUT2D eigenvalue weighted by Gasteiger charge is 2.20. The Bertz CT molecular complexity index is 829. The van der Waals surface area contributed by atoms with Crippen LogP contribution in [-0.2, 0) is 16.9 Å². The Labute approximate surface area is 170 Å². The molecule has 0 N–H and O–H groups in total. The standard InChI is InChI=1S/C18H20ClIN2O4/c1-18(2,3)22-16(23)15(19)14(10-21-22)26-11-12-4-6-13(7-5-12)17(24)25-9-8-20/h4-7,10H,8-9,11H2,1-3H3. The predicted molar refractivity (Wildman–Crippen MR) is 108 cm³/mol. The molecule has 2 aromatic rings. The number of hydrogen-bond acceptors (Lipinski definition) is 5. The first kappa shape index (κ1) is 20.7. The van der Waals surface area contributed by atoms with Gasteiger partial charge in [-0.1, -0.05) is 46.3 Å². The zero-order chi connectivity index (χ0) is 19.3. The van der Waals surface area contributed by atoms with Crippen molar-refractivity contribution in [3.63, 3.8) is 0 Å². The second-order valence-corrected chi connectivity index (χ2v) is 7.98. The van der Waals surface area contributed by atoms with Crippen molar-refractivity contribution in [3.05, 3.63) is 57.0 Å². The quantitative estimate of drug-likeness (QED) is 0.350. The molecule has 0 spiro atoms. The molecule has 8 heteroatoms. The van der Waals surface area contributed by atoms with Crippen LogP contribution in [-0.4, -0.2) is 26.8 Å². The lowest BCUT2D eigenvalue weighted by atomic mass is 10.1. The van der Waals surface area contributed by atoms with E-state index in [0.29, 0.717) is 12.2 Å². The smallest absolute Gasteiger partial charge is 0.338 e. The summed E-state index contributed by atoms with van der Waals surface area (Å²) in [5.74, 6) is -0.130. The first-order chi connectivity index (χ1) is 12.2. The number of carbonyl (C=O) groups excluding carboxylic acids is 1. The number of aromatic nitrogens is 2. The van der Waals surface area contributed by atoms with E-state index in [9.17, 15) is 9.59 Å². The summed E-state index contributed by atoms with van der Waals surface area (Å²) in [4.78, 5) is 24.1. The Morgan fingerprint density at radius 1 is 1.27 bits per heavy atom. The van der Waals surface area contributed by atoms with E-state index in [1.807, 2.05) is 20.8 Å². The molecule has 26 heavy (non-hydrogen) atoms. The van der Waals surface area contributed by atoms with Crippen LogP contribution in [0.25, 0.3) is 0 Å². The van der Waals surface area contributed by atoms with Crippen molar-refractivity contribution in [3.8, 4) is 5.75 Å². The molecule has 1 aromatic heterocycles. The van der Waals surface area contributed by atoms with Gasteiger partial charge in [0.25, 0.3) is 5.56 Å². The third-order valence-electron chi connectivity index (χ3n) is 3.42. The van der Waals surface area contributed by atoms with Crippen molar-refractivity contribution < 1.29 is 14.3 Å². The van der Waals surface area contributed by atoms with E-state index in [4.69, 9.17) is 21.1 Å². The molecule has 1 aromatic carbocycles. The Hall–Kier alpha value is -1.61. The van der Waals surface area contributed by atoms with Gasteiger partial charge in [0.1, 0.15) is 13.2 Å². The van der Waals surface area contributed by atoms with Crippen LogP contribution < -0.4 is 10.3 Å². The molecule has 140 valence electrons. The van der Waals surface area contributed by atoms with E-state index < -0.39 is 11.1 Å². The molecule has 0 fully saturated rings. The second-order valence-electron chi connectivity index (χ2n) is 6.52. The lowest BCUT2D eigenvalue weighted by Gasteiger charge is -2.21. The minimum Gasteiger partial charge on any atom is -0.485 e. The second kappa shape index (κ2) is 8.85. The van der Waals surface area contributed by atoms with Crippen LogP contribution in [0.5, 0.6) is 5.75 Å². The van der Waals surface area contributed by atoms with Crippen LogP contribution in [0.1, 0.15) is 36.7 Å². The maximum atomic E-state index is 12.3. The van der Waals surface area contributed by atoms with Gasteiger partial charge in [-0.05, 0) is 38.5 Å². The van der Waals surface area contributed by atoms with Gasteiger partial charge in [0, 0.05) is 4.43 Å². The molecule has 6 nitrogen and oxygen atoms in total. The number of rotatable bonds is 6. The first-order valence-corrected chi connectivity index (χ1v) is 9.87. The fourth-order valence-corrected chi connectivity index (χ4v) is 2.51. The molecule has 0 atom stereocenters. The highest BCUT2D eigenvalue weighted by atomic mass is 127. The number of esters is 1. The molecule has 0 saturated heterocycles. The predicted octanol–water partition coefficient (Wildman–Crippen LogP) is 3.82. The number of benzene rings is 1. The van der Waals surface area contributed by atoms with Crippen LogP contribution >= 0.6 is 34.2 Å². The monoisotopic (exact) mass is 490 g/mol. The van der Waals surface area contributed by atoms with E-state index in [1.165, 1.54) is 10.9 Å². The van der Waals surface area contributed by atoms with Crippen molar-refractivity contribution in [2.75, 3.05) is 11.0 Å². The number of alkyl halides is 1. The molecular weight excluding hydrogens is 471 g/mol. The Balaban J connectivity index is 2.06. The van der Waals surface area contributed by atoms with Crippen molar-refractivity contribution in [2.24, 2.45) is 0 Å². The summed E-state index contributed by atoms with van der Waals surface area (Å²) in [7, 11) is 0. The number of ether oxygens (including phenoxy) is 2. The molecule has 0 amide bonds. The van der Waals surface area contributed by atoms with Crippen LogP contribution in [0.15, 0.2) is 35.3 Å².